The number of phenols is 1. The first-order valence-corrected chi connectivity index (χ1v) is 6.16. The van der Waals surface area contributed by atoms with Gasteiger partial charge in [0.2, 0.25) is 0 Å². The second kappa shape index (κ2) is 5.51. The van der Waals surface area contributed by atoms with Crippen molar-refractivity contribution in [3.63, 3.8) is 0 Å². The smallest absolute Gasteiger partial charge is 0.338 e. The van der Waals surface area contributed by atoms with Crippen molar-refractivity contribution >= 4 is 29.2 Å². The van der Waals surface area contributed by atoms with Crippen molar-refractivity contribution in [1.82, 2.24) is 0 Å². The highest BCUT2D eigenvalue weighted by Gasteiger charge is 2.18. The molecule has 0 radical (unpaired) electrons. The Morgan fingerprint density at radius 1 is 1.21 bits per heavy atom. The summed E-state index contributed by atoms with van der Waals surface area (Å²) in [6, 6.07) is 9.43. The molecular weight excluding hydrogens is 287 g/mol. The Morgan fingerprint density at radius 2 is 1.95 bits per heavy atom. The third-order valence-electron chi connectivity index (χ3n) is 2.65. The molecule has 19 heavy (non-hydrogen) atoms. The predicted octanol–water partition coefficient (Wildman–Crippen LogP) is 4.15. The van der Waals surface area contributed by atoms with Crippen molar-refractivity contribution in [3.8, 4) is 16.9 Å². The van der Waals surface area contributed by atoms with E-state index in [0.717, 1.165) is 0 Å². The van der Waals surface area contributed by atoms with Gasteiger partial charge in [0.1, 0.15) is 5.75 Å². The molecule has 0 spiro atoms. The number of carbonyl (C=O) groups is 1. The molecule has 0 aliphatic heterocycles. The summed E-state index contributed by atoms with van der Waals surface area (Å²) in [5.41, 5.74) is 1.09. The van der Waals surface area contributed by atoms with Gasteiger partial charge >= 0.3 is 5.97 Å². The van der Waals surface area contributed by atoms with Crippen LogP contribution in [0.2, 0.25) is 10.0 Å². The van der Waals surface area contributed by atoms with Crippen molar-refractivity contribution in [1.29, 1.82) is 0 Å². The topological polar surface area (TPSA) is 46.5 Å². The number of methoxy groups -OCH3 is 1. The Hall–Kier alpha value is -1.71. The Kier molecular flexibility index (Phi) is 3.98. The van der Waals surface area contributed by atoms with E-state index in [1.54, 1.807) is 30.3 Å². The van der Waals surface area contributed by atoms with Crippen LogP contribution >= 0.6 is 23.2 Å². The van der Waals surface area contributed by atoms with E-state index < -0.39 is 5.97 Å². The van der Waals surface area contributed by atoms with Crippen molar-refractivity contribution < 1.29 is 14.6 Å². The molecule has 3 nitrogen and oxygen atoms in total. The molecule has 2 aromatic rings. The van der Waals surface area contributed by atoms with Crippen LogP contribution in [0.15, 0.2) is 36.4 Å². The molecule has 5 heteroatoms. The minimum absolute atomic E-state index is 0.0490. The minimum atomic E-state index is -0.545. The average molecular weight is 297 g/mol. The highest BCUT2D eigenvalue weighted by atomic mass is 35.5. The van der Waals surface area contributed by atoms with E-state index >= 15 is 0 Å². The van der Waals surface area contributed by atoms with Gasteiger partial charge in [-0.2, -0.15) is 0 Å². The third kappa shape index (κ3) is 2.67. The molecule has 0 amide bonds. The summed E-state index contributed by atoms with van der Waals surface area (Å²) in [6.45, 7) is 0. The first kappa shape index (κ1) is 13.7. The molecule has 0 aromatic heterocycles. The number of hydrogen-bond donors (Lipinski definition) is 1. The standard InChI is InChI=1S/C14H10Cl2O3/c1-19-14(18)10-3-2-4-12(17)13(10)9-6-5-8(15)7-11(9)16/h2-7,17H,1H3. The van der Waals surface area contributed by atoms with Gasteiger partial charge in [-0.3, -0.25) is 0 Å². The molecule has 0 bridgehead atoms. The molecule has 0 saturated heterocycles. The number of esters is 1. The molecule has 0 atom stereocenters. The van der Waals surface area contributed by atoms with Crippen LogP contribution in [0.25, 0.3) is 11.1 Å². The lowest BCUT2D eigenvalue weighted by Gasteiger charge is -2.11. The number of halogens is 2. The van der Waals surface area contributed by atoms with Gasteiger partial charge in [-0.1, -0.05) is 35.3 Å². The highest BCUT2D eigenvalue weighted by Crippen LogP contribution is 2.38. The Morgan fingerprint density at radius 3 is 2.58 bits per heavy atom. The summed E-state index contributed by atoms with van der Waals surface area (Å²) in [6.07, 6.45) is 0. The summed E-state index contributed by atoms with van der Waals surface area (Å²) in [5.74, 6) is -0.593. The summed E-state index contributed by atoms with van der Waals surface area (Å²) in [7, 11) is 1.28. The first-order valence-electron chi connectivity index (χ1n) is 5.40. The Bertz CT molecular complexity index is 639. The molecule has 2 aromatic carbocycles. The van der Waals surface area contributed by atoms with E-state index in [1.807, 2.05) is 0 Å². The maximum Gasteiger partial charge on any atom is 0.338 e. The normalized spacial score (nSPS) is 10.3. The van der Waals surface area contributed by atoms with Gasteiger partial charge in [-0.25, -0.2) is 4.79 Å². The molecule has 98 valence electrons. The van der Waals surface area contributed by atoms with Gasteiger partial charge < -0.3 is 9.84 Å². The lowest BCUT2D eigenvalue weighted by molar-refractivity contribution is 0.0601. The van der Waals surface area contributed by atoms with Crippen molar-refractivity contribution in [2.45, 2.75) is 0 Å². The van der Waals surface area contributed by atoms with Crippen LogP contribution < -0.4 is 0 Å². The van der Waals surface area contributed by atoms with Crippen LogP contribution in [0.1, 0.15) is 10.4 Å². The first-order chi connectivity index (χ1) is 9.04. The molecule has 0 aliphatic rings. The molecule has 0 heterocycles. The van der Waals surface area contributed by atoms with Crippen LogP contribution in [0.4, 0.5) is 0 Å². The van der Waals surface area contributed by atoms with Crippen molar-refractivity contribution in [3.05, 3.63) is 52.0 Å². The van der Waals surface area contributed by atoms with Gasteiger partial charge in [0, 0.05) is 16.1 Å². The maximum atomic E-state index is 11.7. The number of benzene rings is 2. The number of aromatic hydroxyl groups is 1. The van der Waals surface area contributed by atoms with E-state index in [4.69, 9.17) is 27.9 Å². The van der Waals surface area contributed by atoms with E-state index in [2.05, 4.69) is 0 Å². The van der Waals surface area contributed by atoms with Gasteiger partial charge in [0.25, 0.3) is 0 Å². The summed E-state index contributed by atoms with van der Waals surface area (Å²) < 4.78 is 4.70. The Balaban J connectivity index is 2.70. The van der Waals surface area contributed by atoms with E-state index in [1.165, 1.54) is 13.2 Å². The Labute approximate surface area is 120 Å². The van der Waals surface area contributed by atoms with Gasteiger partial charge in [0.05, 0.1) is 17.7 Å². The average Bonchev–Trinajstić information content (AvgIpc) is 2.38. The van der Waals surface area contributed by atoms with Crippen LogP contribution in [-0.4, -0.2) is 18.2 Å². The second-order valence-electron chi connectivity index (χ2n) is 3.82. The molecular formula is C14H10Cl2O3. The van der Waals surface area contributed by atoms with E-state index in [0.29, 0.717) is 21.2 Å². The molecule has 0 saturated carbocycles. The largest absolute Gasteiger partial charge is 0.507 e. The summed E-state index contributed by atoms with van der Waals surface area (Å²) in [5, 5.41) is 10.8. The number of carbonyl (C=O) groups excluding carboxylic acids is 1. The minimum Gasteiger partial charge on any atom is -0.507 e. The van der Waals surface area contributed by atoms with Crippen LogP contribution in [-0.2, 0) is 4.74 Å². The van der Waals surface area contributed by atoms with E-state index in [9.17, 15) is 9.90 Å². The quantitative estimate of drug-likeness (QED) is 0.847. The maximum absolute atomic E-state index is 11.7. The van der Waals surface area contributed by atoms with Gasteiger partial charge in [0.15, 0.2) is 0 Å². The summed E-state index contributed by atoms with van der Waals surface area (Å²) >= 11 is 11.9. The number of rotatable bonds is 2. The van der Waals surface area contributed by atoms with Crippen LogP contribution in [0.3, 0.4) is 0 Å². The fraction of sp³-hybridized carbons (Fsp3) is 0.0714. The monoisotopic (exact) mass is 296 g/mol. The second-order valence-corrected chi connectivity index (χ2v) is 4.66. The van der Waals surface area contributed by atoms with Crippen molar-refractivity contribution in [2.75, 3.05) is 7.11 Å². The van der Waals surface area contributed by atoms with Crippen LogP contribution in [0.5, 0.6) is 5.75 Å². The van der Waals surface area contributed by atoms with Gasteiger partial charge in [-0.15, -0.1) is 0 Å². The summed E-state index contributed by atoms with van der Waals surface area (Å²) in [4.78, 5) is 11.7. The lowest BCUT2D eigenvalue weighted by Crippen LogP contribution is -2.03. The number of ether oxygens (including phenoxy) is 1. The fourth-order valence-electron chi connectivity index (χ4n) is 1.80. The predicted molar refractivity (Wildman–Crippen MR) is 74.9 cm³/mol. The molecule has 0 aliphatic carbocycles. The SMILES string of the molecule is COC(=O)c1cccc(O)c1-c1ccc(Cl)cc1Cl. The molecule has 0 fully saturated rings. The van der Waals surface area contributed by atoms with Crippen molar-refractivity contribution in [2.24, 2.45) is 0 Å². The molecule has 1 N–H and O–H groups in total. The lowest BCUT2D eigenvalue weighted by atomic mass is 9.98. The molecule has 2 rings (SSSR count). The van der Waals surface area contributed by atoms with E-state index in [-0.39, 0.29) is 11.3 Å². The highest BCUT2D eigenvalue weighted by molar-refractivity contribution is 6.36. The zero-order valence-corrected chi connectivity index (χ0v) is 11.5. The molecule has 0 unspecified atom stereocenters. The van der Waals surface area contributed by atoms with Crippen LogP contribution in [0, 0.1) is 0 Å². The number of hydrogen-bond acceptors (Lipinski definition) is 3. The zero-order chi connectivity index (χ0) is 14.0. The number of phenolic OH excluding ortho intramolecular Hbond substituents is 1. The zero-order valence-electron chi connectivity index (χ0n) is 9.98. The third-order valence-corrected chi connectivity index (χ3v) is 3.20. The van der Waals surface area contributed by atoms with Gasteiger partial charge in [-0.05, 0) is 24.3 Å². The fourth-order valence-corrected chi connectivity index (χ4v) is 2.30.